The Morgan fingerprint density at radius 1 is 1.12 bits per heavy atom. The van der Waals surface area contributed by atoms with E-state index in [1.165, 1.54) is 34.8 Å². The maximum atomic E-state index is 13.1. The Balaban J connectivity index is 1.52. The third-order valence-electron chi connectivity index (χ3n) is 5.05. The molecule has 0 aliphatic heterocycles. The van der Waals surface area contributed by atoms with E-state index in [4.69, 9.17) is 0 Å². The number of benzene rings is 2. The topological polar surface area (TPSA) is 84.0 Å². The average molecular weight is 505 g/mol. The van der Waals surface area contributed by atoms with E-state index in [0.717, 1.165) is 16.8 Å². The molecule has 0 saturated carbocycles. The zero-order chi connectivity index (χ0) is 24.3. The lowest BCUT2D eigenvalue weighted by Crippen LogP contribution is -2.21. The number of aromatic nitrogens is 2. The van der Waals surface area contributed by atoms with Gasteiger partial charge in [-0.05, 0) is 36.2 Å². The molecule has 6 nitrogen and oxygen atoms in total. The number of alkyl halides is 3. The van der Waals surface area contributed by atoms with E-state index < -0.39 is 23.6 Å². The molecule has 11 heteroatoms. The number of anilines is 2. The van der Waals surface area contributed by atoms with E-state index in [0.29, 0.717) is 40.4 Å². The van der Waals surface area contributed by atoms with Gasteiger partial charge in [-0.1, -0.05) is 42.9 Å². The lowest BCUT2D eigenvalue weighted by atomic mass is 9.92. The van der Waals surface area contributed by atoms with Crippen LogP contribution in [-0.2, 0) is 11.0 Å². The first kappa shape index (κ1) is 23.8. The van der Waals surface area contributed by atoms with Crippen LogP contribution in [0.3, 0.4) is 0 Å². The van der Waals surface area contributed by atoms with Crippen molar-refractivity contribution in [1.29, 1.82) is 0 Å². The molecule has 1 atom stereocenters. The molecule has 0 aliphatic rings. The molecule has 0 radical (unpaired) electrons. The van der Waals surface area contributed by atoms with Gasteiger partial charge in [0.1, 0.15) is 5.69 Å². The number of thiazole rings is 2. The molecule has 2 aromatic heterocycles. The monoisotopic (exact) mass is 504 g/mol. The molecule has 2 aromatic carbocycles. The van der Waals surface area contributed by atoms with Crippen molar-refractivity contribution in [3.8, 4) is 0 Å². The van der Waals surface area contributed by atoms with Crippen LogP contribution in [0.25, 0.3) is 10.2 Å². The average Bonchev–Trinajstić information content (AvgIpc) is 3.46. The summed E-state index contributed by atoms with van der Waals surface area (Å²) in [6.45, 7) is 1.87. The first-order chi connectivity index (χ1) is 16.2. The Hall–Kier alpha value is -3.31. The molecule has 2 amide bonds. The number of nitrogens with one attached hydrogen (secondary N) is 2. The lowest BCUT2D eigenvalue weighted by Gasteiger charge is -2.17. The molecule has 0 aliphatic carbocycles. The maximum absolute atomic E-state index is 13.1. The largest absolute Gasteiger partial charge is 0.416 e. The number of carbonyl (C=O) groups excluding carboxylic acids is 2. The van der Waals surface area contributed by atoms with Crippen LogP contribution in [0, 0.1) is 0 Å². The Bertz CT molecular complexity index is 1320. The summed E-state index contributed by atoms with van der Waals surface area (Å²) in [5, 5.41) is 7.49. The fourth-order valence-corrected chi connectivity index (χ4v) is 4.88. The fraction of sp³-hybridized carbons (Fsp3) is 0.217. The molecule has 0 fully saturated rings. The van der Waals surface area contributed by atoms with Crippen molar-refractivity contribution in [3.63, 3.8) is 0 Å². The van der Waals surface area contributed by atoms with Gasteiger partial charge in [0.25, 0.3) is 5.91 Å². The van der Waals surface area contributed by atoms with Gasteiger partial charge in [-0.25, -0.2) is 9.97 Å². The van der Waals surface area contributed by atoms with Gasteiger partial charge in [-0.15, -0.1) is 11.3 Å². The van der Waals surface area contributed by atoms with Crippen LogP contribution < -0.4 is 10.6 Å². The predicted molar refractivity (Wildman–Crippen MR) is 127 cm³/mol. The van der Waals surface area contributed by atoms with Gasteiger partial charge in [-0.3, -0.25) is 9.59 Å². The number of hydrogen-bond donors (Lipinski definition) is 2. The van der Waals surface area contributed by atoms with Crippen molar-refractivity contribution in [3.05, 3.63) is 70.2 Å². The highest BCUT2D eigenvalue weighted by molar-refractivity contribution is 7.22. The van der Waals surface area contributed by atoms with Crippen molar-refractivity contribution in [2.24, 2.45) is 0 Å². The van der Waals surface area contributed by atoms with Crippen LogP contribution in [0.15, 0.2) is 53.4 Å². The molecule has 0 saturated heterocycles. The van der Waals surface area contributed by atoms with Gasteiger partial charge in [0.15, 0.2) is 5.13 Å². The van der Waals surface area contributed by atoms with Gasteiger partial charge < -0.3 is 10.6 Å². The van der Waals surface area contributed by atoms with E-state index in [1.54, 1.807) is 29.1 Å². The third kappa shape index (κ3) is 5.42. The molecule has 2 heterocycles. The van der Waals surface area contributed by atoms with Crippen molar-refractivity contribution < 1.29 is 22.8 Å². The first-order valence-corrected chi connectivity index (χ1v) is 12.1. The molecule has 1 unspecified atom stereocenters. The second kappa shape index (κ2) is 9.90. The molecule has 34 heavy (non-hydrogen) atoms. The van der Waals surface area contributed by atoms with Gasteiger partial charge in [0, 0.05) is 11.1 Å². The lowest BCUT2D eigenvalue weighted by molar-refractivity contribution is -0.137. The number of nitrogens with zero attached hydrogens (tertiary/aromatic N) is 2. The Kier molecular flexibility index (Phi) is 6.94. The minimum atomic E-state index is -4.48. The van der Waals surface area contributed by atoms with Gasteiger partial charge >= 0.3 is 6.18 Å². The molecule has 2 N–H and O–H groups in total. The standard InChI is InChI=1S/C23H19F3N4O2S2/c1-2-4-16(13-5-3-6-14(9-13)23(24,25)26)20(31)30-22-29-17-8-7-15(10-19(17)34-22)28-21(32)18-11-33-12-27-18/h3,5-12,16H,2,4H2,1H3,(H,28,32)(H,29,30,31). The molecule has 4 rings (SSSR count). The quantitative estimate of drug-likeness (QED) is 0.299. The van der Waals surface area contributed by atoms with E-state index in [1.807, 2.05) is 6.92 Å². The van der Waals surface area contributed by atoms with Crippen LogP contribution in [0.4, 0.5) is 24.0 Å². The van der Waals surface area contributed by atoms with Crippen LogP contribution in [0.1, 0.15) is 47.3 Å². The smallest absolute Gasteiger partial charge is 0.321 e. The van der Waals surface area contributed by atoms with Gasteiger partial charge in [-0.2, -0.15) is 13.2 Å². The highest BCUT2D eigenvalue weighted by Gasteiger charge is 2.32. The fourth-order valence-electron chi connectivity index (χ4n) is 3.44. The Morgan fingerprint density at radius 3 is 2.65 bits per heavy atom. The predicted octanol–water partition coefficient (Wildman–Crippen LogP) is 6.55. The van der Waals surface area contributed by atoms with E-state index in [9.17, 15) is 22.8 Å². The zero-order valence-corrected chi connectivity index (χ0v) is 19.5. The van der Waals surface area contributed by atoms with Crippen molar-refractivity contribution in [1.82, 2.24) is 9.97 Å². The summed E-state index contributed by atoms with van der Waals surface area (Å²) < 4.78 is 40.1. The summed E-state index contributed by atoms with van der Waals surface area (Å²) in [6, 6.07) is 10.0. The SMILES string of the molecule is CCCC(C(=O)Nc1nc2ccc(NC(=O)c3cscn3)cc2s1)c1cccc(C(F)(F)F)c1. The minimum Gasteiger partial charge on any atom is -0.321 e. The summed E-state index contributed by atoms with van der Waals surface area (Å²) >= 11 is 2.53. The molecular weight excluding hydrogens is 485 g/mol. The maximum Gasteiger partial charge on any atom is 0.416 e. The number of hydrogen-bond acceptors (Lipinski definition) is 6. The highest BCUT2D eigenvalue weighted by atomic mass is 32.1. The molecule has 176 valence electrons. The number of carbonyl (C=O) groups is 2. The highest BCUT2D eigenvalue weighted by Crippen LogP contribution is 2.34. The number of fused-ring (bicyclic) bond motifs is 1. The summed E-state index contributed by atoms with van der Waals surface area (Å²) in [5.74, 6) is -1.49. The molecule has 0 bridgehead atoms. The summed E-state index contributed by atoms with van der Waals surface area (Å²) in [7, 11) is 0. The van der Waals surface area contributed by atoms with E-state index in [-0.39, 0.29) is 5.91 Å². The number of amides is 2. The van der Waals surface area contributed by atoms with E-state index in [2.05, 4.69) is 20.6 Å². The normalized spacial score (nSPS) is 12.5. The Morgan fingerprint density at radius 2 is 1.94 bits per heavy atom. The molecule has 0 spiro atoms. The zero-order valence-electron chi connectivity index (χ0n) is 17.8. The van der Waals surface area contributed by atoms with E-state index >= 15 is 0 Å². The van der Waals surface area contributed by atoms with Crippen LogP contribution in [0.2, 0.25) is 0 Å². The van der Waals surface area contributed by atoms with Crippen LogP contribution in [0.5, 0.6) is 0 Å². The third-order valence-corrected chi connectivity index (χ3v) is 6.57. The summed E-state index contributed by atoms with van der Waals surface area (Å²) in [4.78, 5) is 33.6. The van der Waals surface area contributed by atoms with Gasteiger partial charge in [0.2, 0.25) is 5.91 Å². The molecular formula is C23H19F3N4O2S2. The van der Waals surface area contributed by atoms with Crippen molar-refractivity contribution >= 4 is 55.5 Å². The first-order valence-electron chi connectivity index (χ1n) is 10.3. The molecule has 4 aromatic rings. The van der Waals surface area contributed by atoms with Crippen LogP contribution >= 0.6 is 22.7 Å². The van der Waals surface area contributed by atoms with Crippen LogP contribution in [-0.4, -0.2) is 21.8 Å². The number of halogens is 3. The number of rotatable bonds is 7. The second-order valence-electron chi connectivity index (χ2n) is 7.48. The van der Waals surface area contributed by atoms with Gasteiger partial charge in [0.05, 0.1) is 27.2 Å². The summed E-state index contributed by atoms with van der Waals surface area (Å²) in [6.07, 6.45) is -3.47. The minimum absolute atomic E-state index is 0.308. The Labute approximate surface area is 200 Å². The second-order valence-corrected chi connectivity index (χ2v) is 9.23. The van der Waals surface area contributed by atoms with Crippen molar-refractivity contribution in [2.75, 3.05) is 10.6 Å². The van der Waals surface area contributed by atoms with Crippen molar-refractivity contribution in [2.45, 2.75) is 31.9 Å². The summed E-state index contributed by atoms with van der Waals surface area (Å²) in [5.41, 5.74) is 2.59.